The van der Waals surface area contributed by atoms with Crippen LogP contribution in [0, 0.1) is 12.7 Å². The van der Waals surface area contributed by atoms with Gasteiger partial charge in [-0.05, 0) is 38.0 Å². The maximum absolute atomic E-state index is 13.0. The molecule has 2 aromatic carbocycles. The molecule has 2 unspecified atom stereocenters. The molecule has 0 aliphatic heterocycles. The van der Waals surface area contributed by atoms with Crippen LogP contribution in [0.1, 0.15) is 42.6 Å². The summed E-state index contributed by atoms with van der Waals surface area (Å²) < 4.78 is 13.0. The predicted octanol–water partition coefficient (Wildman–Crippen LogP) is 4.25. The maximum atomic E-state index is 13.0. The van der Waals surface area contributed by atoms with Crippen LogP contribution < -0.4 is 5.32 Å². The Morgan fingerprint density at radius 2 is 1.65 bits per heavy atom. The standard InChI is InChI=1S/C17H20FNO/c1-11-6-4-5-7-15(11)12(2)19-13(3)16-9-8-14(18)10-17(16)20/h4-10,12-13,19-20H,1-3H3. The van der Waals surface area contributed by atoms with Gasteiger partial charge in [0.15, 0.2) is 0 Å². The molecule has 2 atom stereocenters. The highest BCUT2D eigenvalue weighted by atomic mass is 19.1. The average molecular weight is 273 g/mol. The fourth-order valence-corrected chi connectivity index (χ4v) is 2.51. The summed E-state index contributed by atoms with van der Waals surface area (Å²) in [4.78, 5) is 0. The summed E-state index contributed by atoms with van der Waals surface area (Å²) in [5.41, 5.74) is 3.15. The quantitative estimate of drug-likeness (QED) is 0.872. The fourth-order valence-electron chi connectivity index (χ4n) is 2.51. The molecule has 3 heteroatoms. The molecule has 0 aromatic heterocycles. The van der Waals surface area contributed by atoms with E-state index in [-0.39, 0.29) is 17.8 Å². The summed E-state index contributed by atoms with van der Waals surface area (Å²) in [5.74, 6) is -0.438. The van der Waals surface area contributed by atoms with Crippen molar-refractivity contribution in [2.45, 2.75) is 32.9 Å². The summed E-state index contributed by atoms with van der Waals surface area (Å²) in [6.45, 7) is 6.12. The minimum Gasteiger partial charge on any atom is -0.508 e. The number of phenols is 1. The molecule has 0 amide bonds. The fraction of sp³-hybridized carbons (Fsp3) is 0.294. The zero-order valence-corrected chi connectivity index (χ0v) is 12.0. The molecule has 106 valence electrons. The summed E-state index contributed by atoms with van der Waals surface area (Å²) in [6.07, 6.45) is 0. The van der Waals surface area contributed by atoms with Crippen molar-refractivity contribution in [2.75, 3.05) is 0 Å². The monoisotopic (exact) mass is 273 g/mol. The van der Waals surface area contributed by atoms with Gasteiger partial charge in [-0.3, -0.25) is 0 Å². The topological polar surface area (TPSA) is 32.3 Å². The molecular formula is C17H20FNO. The zero-order chi connectivity index (χ0) is 14.7. The van der Waals surface area contributed by atoms with E-state index in [1.54, 1.807) is 6.07 Å². The Morgan fingerprint density at radius 1 is 1.00 bits per heavy atom. The molecule has 0 spiro atoms. The number of rotatable bonds is 4. The Labute approximate surface area is 119 Å². The van der Waals surface area contributed by atoms with E-state index < -0.39 is 5.82 Å². The Morgan fingerprint density at radius 3 is 2.30 bits per heavy atom. The SMILES string of the molecule is Cc1ccccc1C(C)NC(C)c1ccc(F)cc1O. The number of nitrogens with one attached hydrogen (secondary N) is 1. The molecule has 0 saturated carbocycles. The van der Waals surface area contributed by atoms with Crippen molar-refractivity contribution in [3.05, 3.63) is 65.0 Å². The molecular weight excluding hydrogens is 253 g/mol. The van der Waals surface area contributed by atoms with E-state index in [1.165, 1.54) is 17.2 Å². The van der Waals surface area contributed by atoms with E-state index in [1.807, 2.05) is 19.1 Å². The Bertz CT molecular complexity index is 597. The van der Waals surface area contributed by atoms with E-state index in [9.17, 15) is 9.50 Å². The highest BCUT2D eigenvalue weighted by Crippen LogP contribution is 2.27. The molecule has 20 heavy (non-hydrogen) atoms. The van der Waals surface area contributed by atoms with Crippen LogP contribution in [0.3, 0.4) is 0 Å². The van der Waals surface area contributed by atoms with E-state index in [2.05, 4.69) is 31.3 Å². The molecule has 0 saturated heterocycles. The lowest BCUT2D eigenvalue weighted by Crippen LogP contribution is -2.23. The Balaban J connectivity index is 2.15. The number of halogens is 1. The van der Waals surface area contributed by atoms with Crippen LogP contribution in [-0.4, -0.2) is 5.11 Å². The second-order valence-electron chi connectivity index (χ2n) is 5.17. The van der Waals surface area contributed by atoms with Crippen LogP contribution in [0.5, 0.6) is 5.75 Å². The van der Waals surface area contributed by atoms with Gasteiger partial charge in [0.2, 0.25) is 0 Å². The molecule has 2 N–H and O–H groups in total. The van der Waals surface area contributed by atoms with E-state index in [0.29, 0.717) is 5.56 Å². The first kappa shape index (κ1) is 14.5. The maximum Gasteiger partial charge on any atom is 0.126 e. The van der Waals surface area contributed by atoms with Gasteiger partial charge >= 0.3 is 0 Å². The number of hydrogen-bond acceptors (Lipinski definition) is 2. The molecule has 0 heterocycles. The predicted molar refractivity (Wildman–Crippen MR) is 79.2 cm³/mol. The Kier molecular flexibility index (Phi) is 4.40. The second-order valence-corrected chi connectivity index (χ2v) is 5.17. The van der Waals surface area contributed by atoms with Crippen LogP contribution in [0.25, 0.3) is 0 Å². The minimum absolute atomic E-state index is 0.0121. The molecule has 0 aliphatic carbocycles. The van der Waals surface area contributed by atoms with Crippen molar-refractivity contribution >= 4 is 0 Å². The van der Waals surface area contributed by atoms with Gasteiger partial charge in [0.05, 0.1) is 0 Å². The molecule has 2 aromatic rings. The minimum atomic E-state index is -0.426. The molecule has 2 rings (SSSR count). The first-order valence-electron chi connectivity index (χ1n) is 6.79. The van der Waals surface area contributed by atoms with Crippen molar-refractivity contribution in [1.29, 1.82) is 0 Å². The second kappa shape index (κ2) is 6.06. The third kappa shape index (κ3) is 3.17. The lowest BCUT2D eigenvalue weighted by atomic mass is 10.00. The molecule has 2 nitrogen and oxygen atoms in total. The van der Waals surface area contributed by atoms with Crippen LogP contribution >= 0.6 is 0 Å². The molecule has 0 fully saturated rings. The summed E-state index contributed by atoms with van der Waals surface area (Å²) in [6, 6.07) is 12.4. The molecule has 0 bridgehead atoms. The van der Waals surface area contributed by atoms with E-state index in [0.717, 1.165) is 6.07 Å². The molecule has 0 radical (unpaired) electrons. The van der Waals surface area contributed by atoms with Gasteiger partial charge in [0.25, 0.3) is 0 Å². The van der Waals surface area contributed by atoms with Crippen LogP contribution in [0.4, 0.5) is 4.39 Å². The lowest BCUT2D eigenvalue weighted by Gasteiger charge is -2.22. The number of hydrogen-bond donors (Lipinski definition) is 2. The first-order valence-corrected chi connectivity index (χ1v) is 6.79. The highest BCUT2D eigenvalue weighted by Gasteiger charge is 2.15. The highest BCUT2D eigenvalue weighted by molar-refractivity contribution is 5.35. The van der Waals surface area contributed by atoms with Crippen LogP contribution in [0.15, 0.2) is 42.5 Å². The normalized spacial score (nSPS) is 14.0. The first-order chi connectivity index (χ1) is 9.49. The van der Waals surface area contributed by atoms with Gasteiger partial charge in [0.1, 0.15) is 11.6 Å². The largest absolute Gasteiger partial charge is 0.508 e. The number of phenolic OH excluding ortho intramolecular Hbond substituents is 1. The lowest BCUT2D eigenvalue weighted by molar-refractivity contribution is 0.434. The van der Waals surface area contributed by atoms with E-state index >= 15 is 0 Å². The van der Waals surface area contributed by atoms with Crippen molar-refractivity contribution in [1.82, 2.24) is 5.32 Å². The Hall–Kier alpha value is -1.87. The molecule has 0 aliphatic rings. The number of benzene rings is 2. The van der Waals surface area contributed by atoms with Gasteiger partial charge in [-0.2, -0.15) is 0 Å². The van der Waals surface area contributed by atoms with Crippen LogP contribution in [-0.2, 0) is 0 Å². The van der Waals surface area contributed by atoms with Gasteiger partial charge in [0, 0.05) is 23.7 Å². The van der Waals surface area contributed by atoms with Crippen molar-refractivity contribution < 1.29 is 9.50 Å². The van der Waals surface area contributed by atoms with Gasteiger partial charge < -0.3 is 10.4 Å². The van der Waals surface area contributed by atoms with Gasteiger partial charge in [-0.1, -0.05) is 30.3 Å². The van der Waals surface area contributed by atoms with Gasteiger partial charge in [-0.15, -0.1) is 0 Å². The summed E-state index contributed by atoms with van der Waals surface area (Å²) >= 11 is 0. The number of aromatic hydroxyl groups is 1. The average Bonchev–Trinajstić information content (AvgIpc) is 2.38. The zero-order valence-electron chi connectivity index (χ0n) is 12.0. The summed E-state index contributed by atoms with van der Waals surface area (Å²) in [5, 5.41) is 13.3. The van der Waals surface area contributed by atoms with Gasteiger partial charge in [-0.25, -0.2) is 4.39 Å². The third-order valence-corrected chi connectivity index (χ3v) is 3.61. The summed E-state index contributed by atoms with van der Waals surface area (Å²) in [7, 11) is 0. The van der Waals surface area contributed by atoms with Crippen molar-refractivity contribution in [3.8, 4) is 5.75 Å². The van der Waals surface area contributed by atoms with E-state index in [4.69, 9.17) is 0 Å². The van der Waals surface area contributed by atoms with Crippen LogP contribution in [0.2, 0.25) is 0 Å². The smallest absolute Gasteiger partial charge is 0.126 e. The third-order valence-electron chi connectivity index (χ3n) is 3.61. The van der Waals surface area contributed by atoms with Crippen molar-refractivity contribution in [3.63, 3.8) is 0 Å². The van der Waals surface area contributed by atoms with Crippen molar-refractivity contribution in [2.24, 2.45) is 0 Å². The number of aryl methyl sites for hydroxylation is 1.